The number of fused-ring (bicyclic) bond motifs is 3. The van der Waals surface area contributed by atoms with E-state index in [1.54, 1.807) is 18.3 Å². The number of thiophene rings is 1. The van der Waals surface area contributed by atoms with E-state index in [2.05, 4.69) is 17.1 Å². The summed E-state index contributed by atoms with van der Waals surface area (Å²) in [5.74, 6) is -0.693. The van der Waals surface area contributed by atoms with Gasteiger partial charge in [-0.1, -0.05) is 36.4 Å². The average Bonchev–Trinajstić information content (AvgIpc) is 3.43. The van der Waals surface area contributed by atoms with Crippen LogP contribution in [0.1, 0.15) is 27.5 Å². The Bertz CT molecular complexity index is 1210. The standard InChI is InChI=1S/C24H16N4OS/c25-14-24(15-26)20-9-8-18-19(7-4-11-27-18)28(20)22(21(24)17-10-12-30-13-17)23(29)16-5-2-1-3-6-16/h1-13,20-22H/t20-,21-,22+/m1/s1. The average molecular weight is 408 g/mol. The molecule has 1 fully saturated rings. The predicted molar refractivity (Wildman–Crippen MR) is 115 cm³/mol. The molecule has 3 aromatic rings. The number of anilines is 1. The summed E-state index contributed by atoms with van der Waals surface area (Å²) in [4.78, 5) is 20.2. The highest BCUT2D eigenvalue weighted by molar-refractivity contribution is 7.08. The van der Waals surface area contributed by atoms with Crippen molar-refractivity contribution in [1.82, 2.24) is 4.98 Å². The molecule has 2 aliphatic heterocycles. The maximum absolute atomic E-state index is 13.8. The van der Waals surface area contributed by atoms with Crippen molar-refractivity contribution in [3.8, 4) is 12.1 Å². The lowest BCUT2D eigenvalue weighted by Gasteiger charge is -2.34. The molecule has 0 bridgehead atoms. The van der Waals surface area contributed by atoms with E-state index in [1.807, 2.05) is 64.2 Å². The van der Waals surface area contributed by atoms with Gasteiger partial charge in [-0.25, -0.2) is 0 Å². The van der Waals surface area contributed by atoms with E-state index in [-0.39, 0.29) is 5.78 Å². The molecule has 1 saturated heterocycles. The van der Waals surface area contributed by atoms with Crippen molar-refractivity contribution in [3.63, 3.8) is 0 Å². The topological polar surface area (TPSA) is 80.8 Å². The molecule has 30 heavy (non-hydrogen) atoms. The van der Waals surface area contributed by atoms with Crippen LogP contribution in [0.5, 0.6) is 0 Å². The van der Waals surface area contributed by atoms with Gasteiger partial charge < -0.3 is 4.90 Å². The van der Waals surface area contributed by atoms with E-state index < -0.39 is 23.4 Å². The van der Waals surface area contributed by atoms with E-state index in [0.717, 1.165) is 16.9 Å². The highest BCUT2D eigenvalue weighted by Gasteiger charge is 2.63. The van der Waals surface area contributed by atoms with Crippen molar-refractivity contribution in [1.29, 1.82) is 10.5 Å². The van der Waals surface area contributed by atoms with Crippen molar-refractivity contribution in [3.05, 3.63) is 88.4 Å². The second-order valence-corrected chi connectivity index (χ2v) is 8.20. The largest absolute Gasteiger partial charge is 0.349 e. The molecular formula is C24H16N4OS. The van der Waals surface area contributed by atoms with Gasteiger partial charge in [0.05, 0.1) is 29.6 Å². The summed E-state index contributed by atoms with van der Waals surface area (Å²) in [6.45, 7) is 0. The Labute approximate surface area is 178 Å². The van der Waals surface area contributed by atoms with Gasteiger partial charge in [-0.15, -0.1) is 0 Å². The van der Waals surface area contributed by atoms with Crippen molar-refractivity contribution < 1.29 is 4.79 Å². The fraction of sp³-hybridized carbons (Fsp3) is 0.167. The van der Waals surface area contributed by atoms with Crippen molar-refractivity contribution in [2.45, 2.75) is 18.0 Å². The molecule has 0 amide bonds. The van der Waals surface area contributed by atoms with Gasteiger partial charge in [0.1, 0.15) is 6.04 Å². The lowest BCUT2D eigenvalue weighted by molar-refractivity contribution is 0.0951. The number of nitrogens with zero attached hydrogens (tertiary/aromatic N) is 4. The second-order valence-electron chi connectivity index (χ2n) is 7.42. The number of Topliss-reactive ketones (excluding diaryl/α,β-unsaturated/α-hetero) is 1. The molecule has 0 unspecified atom stereocenters. The highest BCUT2D eigenvalue weighted by atomic mass is 32.1. The molecule has 144 valence electrons. The fourth-order valence-corrected chi connectivity index (χ4v) is 5.41. The Hall–Kier alpha value is -3.74. The van der Waals surface area contributed by atoms with E-state index in [0.29, 0.717) is 5.56 Å². The summed E-state index contributed by atoms with van der Waals surface area (Å²) in [7, 11) is 0. The molecule has 1 aromatic carbocycles. The molecule has 6 heteroatoms. The van der Waals surface area contributed by atoms with Crippen molar-refractivity contribution in [2.75, 3.05) is 4.90 Å². The zero-order valence-electron chi connectivity index (χ0n) is 15.8. The van der Waals surface area contributed by atoms with Gasteiger partial charge >= 0.3 is 0 Å². The predicted octanol–water partition coefficient (Wildman–Crippen LogP) is 4.43. The summed E-state index contributed by atoms with van der Waals surface area (Å²) in [5.41, 5.74) is 1.50. The van der Waals surface area contributed by atoms with Crippen LogP contribution in [-0.2, 0) is 0 Å². The zero-order valence-corrected chi connectivity index (χ0v) is 16.7. The third-order valence-corrected chi connectivity index (χ3v) is 6.70. The van der Waals surface area contributed by atoms with Gasteiger partial charge in [0.25, 0.3) is 0 Å². The molecule has 0 radical (unpaired) electrons. The second kappa shape index (κ2) is 6.95. The first-order valence-electron chi connectivity index (χ1n) is 9.56. The summed E-state index contributed by atoms with van der Waals surface area (Å²) >= 11 is 1.50. The molecule has 0 saturated carbocycles. The molecular weight excluding hydrogens is 392 g/mol. The third kappa shape index (κ3) is 2.45. The SMILES string of the molecule is N#CC1(C#N)[C@H](c2ccsc2)[C@@H](C(=O)c2ccccc2)N2c3cccnc3C=C[C@@H]21. The maximum atomic E-state index is 13.8. The first-order valence-corrected chi connectivity index (χ1v) is 10.5. The smallest absolute Gasteiger partial charge is 0.185 e. The summed E-state index contributed by atoms with van der Waals surface area (Å²) < 4.78 is 0. The van der Waals surface area contributed by atoms with E-state index in [4.69, 9.17) is 0 Å². The first kappa shape index (κ1) is 18.3. The number of pyridine rings is 1. The van der Waals surface area contributed by atoms with Crippen LogP contribution in [0.15, 0.2) is 71.6 Å². The molecule has 0 aliphatic carbocycles. The lowest BCUT2D eigenvalue weighted by atomic mass is 9.69. The minimum atomic E-state index is -1.40. The Morgan fingerprint density at radius 1 is 1.10 bits per heavy atom. The number of rotatable bonds is 3. The van der Waals surface area contributed by atoms with E-state index in [9.17, 15) is 15.3 Å². The molecule has 5 rings (SSSR count). The Kier molecular flexibility index (Phi) is 4.24. The number of ketones is 1. The first-order chi connectivity index (χ1) is 14.7. The molecule has 0 N–H and O–H groups in total. The van der Waals surface area contributed by atoms with Gasteiger partial charge in [0.2, 0.25) is 0 Å². The number of aromatic nitrogens is 1. The molecule has 0 spiro atoms. The number of carbonyl (C=O) groups excluding carboxylic acids is 1. The minimum absolute atomic E-state index is 0.103. The van der Waals surface area contributed by atoms with Gasteiger partial charge in [-0.2, -0.15) is 21.9 Å². The molecule has 4 heterocycles. The van der Waals surface area contributed by atoms with Gasteiger partial charge in [-0.05, 0) is 40.6 Å². The summed E-state index contributed by atoms with van der Waals surface area (Å²) in [6, 6.07) is 18.1. The van der Waals surface area contributed by atoms with Crippen LogP contribution in [0.2, 0.25) is 0 Å². The Morgan fingerprint density at radius 3 is 2.60 bits per heavy atom. The van der Waals surface area contributed by atoms with Crippen LogP contribution in [0.25, 0.3) is 6.08 Å². The van der Waals surface area contributed by atoms with Crippen LogP contribution >= 0.6 is 11.3 Å². The molecule has 5 nitrogen and oxygen atoms in total. The highest BCUT2D eigenvalue weighted by Crippen LogP contribution is 2.55. The Balaban J connectivity index is 1.78. The van der Waals surface area contributed by atoms with Gasteiger partial charge in [-0.3, -0.25) is 9.78 Å². The third-order valence-electron chi connectivity index (χ3n) is 6.00. The quantitative estimate of drug-likeness (QED) is 0.599. The number of carbonyl (C=O) groups is 1. The van der Waals surface area contributed by atoms with E-state index >= 15 is 0 Å². The summed E-state index contributed by atoms with van der Waals surface area (Å²) in [6.07, 6.45) is 5.39. The zero-order chi connectivity index (χ0) is 20.7. The minimum Gasteiger partial charge on any atom is -0.349 e. The van der Waals surface area contributed by atoms with Crippen molar-refractivity contribution in [2.24, 2.45) is 5.41 Å². The van der Waals surface area contributed by atoms with E-state index in [1.165, 1.54) is 11.3 Å². The summed E-state index contributed by atoms with van der Waals surface area (Å²) in [5, 5.41) is 24.4. The number of benzene rings is 1. The van der Waals surface area contributed by atoms with Crippen LogP contribution in [0.3, 0.4) is 0 Å². The van der Waals surface area contributed by atoms with Gasteiger partial charge in [0, 0.05) is 17.7 Å². The van der Waals surface area contributed by atoms with Crippen LogP contribution in [0.4, 0.5) is 5.69 Å². The van der Waals surface area contributed by atoms with Crippen LogP contribution < -0.4 is 4.90 Å². The molecule has 2 aromatic heterocycles. The van der Waals surface area contributed by atoms with Crippen LogP contribution in [-0.4, -0.2) is 22.9 Å². The maximum Gasteiger partial charge on any atom is 0.185 e. The monoisotopic (exact) mass is 408 g/mol. The number of hydrogen-bond donors (Lipinski definition) is 0. The van der Waals surface area contributed by atoms with Crippen LogP contribution in [0, 0.1) is 28.1 Å². The Morgan fingerprint density at radius 2 is 1.90 bits per heavy atom. The fourth-order valence-electron chi connectivity index (χ4n) is 4.71. The number of nitriles is 2. The normalized spacial score (nSPS) is 23.1. The number of hydrogen-bond acceptors (Lipinski definition) is 6. The van der Waals surface area contributed by atoms with Gasteiger partial charge in [0.15, 0.2) is 11.2 Å². The van der Waals surface area contributed by atoms with Crippen molar-refractivity contribution >= 4 is 28.9 Å². The molecule has 2 aliphatic rings. The molecule has 3 atom stereocenters. The lowest BCUT2D eigenvalue weighted by Crippen LogP contribution is -2.44.